The molecule has 0 aliphatic heterocycles. The summed E-state index contributed by atoms with van der Waals surface area (Å²) in [6.07, 6.45) is 1.31. The lowest BCUT2D eigenvalue weighted by Gasteiger charge is -2.06. The molecule has 0 aliphatic rings. The molecule has 1 rings (SSSR count). The zero-order valence-electron chi connectivity index (χ0n) is 11.5. The molecular weight excluding hydrogens is 262 g/mol. The van der Waals surface area contributed by atoms with E-state index >= 15 is 0 Å². The van der Waals surface area contributed by atoms with Crippen molar-refractivity contribution in [2.45, 2.75) is 19.9 Å². The van der Waals surface area contributed by atoms with Crippen LogP contribution < -0.4 is 15.5 Å². The molecule has 108 valence electrons. The van der Waals surface area contributed by atoms with E-state index in [-0.39, 0.29) is 11.8 Å². The third kappa shape index (κ3) is 4.60. The number of phenols is 1. The van der Waals surface area contributed by atoms with Gasteiger partial charge in [0.25, 0.3) is 0 Å². The van der Waals surface area contributed by atoms with Gasteiger partial charge < -0.3 is 15.2 Å². The van der Waals surface area contributed by atoms with Crippen molar-refractivity contribution in [1.82, 2.24) is 10.7 Å². The number of hydrogen-bond acceptors (Lipinski definition) is 5. The number of hydrogen-bond donors (Lipinski definition) is 3. The second kappa shape index (κ2) is 7.13. The van der Waals surface area contributed by atoms with Gasteiger partial charge in [-0.05, 0) is 37.6 Å². The van der Waals surface area contributed by atoms with Crippen molar-refractivity contribution in [2.24, 2.45) is 5.10 Å². The molecule has 1 aromatic rings. The van der Waals surface area contributed by atoms with Gasteiger partial charge in [-0.1, -0.05) is 0 Å². The molecule has 0 saturated carbocycles. The first kappa shape index (κ1) is 15.5. The maximum Gasteiger partial charge on any atom is 0.329 e. The fraction of sp³-hybridized carbons (Fsp3) is 0.308. The number of phenolic OH excluding ortho intramolecular Hbond substituents is 1. The van der Waals surface area contributed by atoms with Crippen LogP contribution in [-0.4, -0.2) is 36.3 Å². The number of carbonyl (C=O) groups excluding carboxylic acids is 2. The van der Waals surface area contributed by atoms with E-state index in [1.54, 1.807) is 26.0 Å². The molecule has 0 saturated heterocycles. The van der Waals surface area contributed by atoms with Crippen LogP contribution >= 0.6 is 0 Å². The number of hydrazone groups is 1. The first-order valence-corrected chi connectivity index (χ1v) is 5.95. The van der Waals surface area contributed by atoms with E-state index in [1.807, 2.05) is 0 Å². The molecule has 0 bridgehead atoms. The van der Waals surface area contributed by atoms with Gasteiger partial charge in [-0.15, -0.1) is 0 Å². The average Bonchev–Trinajstić information content (AvgIpc) is 2.38. The van der Waals surface area contributed by atoms with Crippen LogP contribution in [0.1, 0.15) is 19.4 Å². The van der Waals surface area contributed by atoms with E-state index in [1.165, 1.54) is 19.4 Å². The fourth-order valence-corrected chi connectivity index (χ4v) is 1.33. The number of rotatable bonds is 4. The van der Waals surface area contributed by atoms with Crippen molar-refractivity contribution in [1.29, 1.82) is 0 Å². The minimum absolute atomic E-state index is 0.0414. The Kier molecular flexibility index (Phi) is 5.52. The number of nitrogens with zero attached hydrogens (tertiary/aromatic N) is 1. The van der Waals surface area contributed by atoms with Crippen molar-refractivity contribution >= 4 is 18.0 Å². The molecular formula is C13H17N3O4. The van der Waals surface area contributed by atoms with Gasteiger partial charge in [0.1, 0.15) is 0 Å². The second-order valence-electron chi connectivity index (χ2n) is 4.26. The fourth-order valence-electron chi connectivity index (χ4n) is 1.33. The number of carbonyl (C=O) groups is 2. The van der Waals surface area contributed by atoms with Gasteiger partial charge in [0.05, 0.1) is 13.3 Å². The Bertz CT molecular complexity index is 526. The molecule has 0 aliphatic carbocycles. The summed E-state index contributed by atoms with van der Waals surface area (Å²) in [5, 5.41) is 15.6. The van der Waals surface area contributed by atoms with E-state index in [4.69, 9.17) is 4.74 Å². The van der Waals surface area contributed by atoms with E-state index in [0.29, 0.717) is 11.3 Å². The van der Waals surface area contributed by atoms with Crippen molar-refractivity contribution < 1.29 is 19.4 Å². The normalized spacial score (nSPS) is 10.6. The highest BCUT2D eigenvalue weighted by Gasteiger charge is 2.12. The molecule has 3 N–H and O–H groups in total. The molecule has 0 radical (unpaired) electrons. The molecule has 0 aromatic heterocycles. The largest absolute Gasteiger partial charge is 0.504 e. The van der Waals surface area contributed by atoms with Crippen LogP contribution in [0.2, 0.25) is 0 Å². The second-order valence-corrected chi connectivity index (χ2v) is 4.26. The van der Waals surface area contributed by atoms with E-state index in [0.717, 1.165) is 0 Å². The Balaban J connectivity index is 2.59. The van der Waals surface area contributed by atoms with E-state index < -0.39 is 11.8 Å². The summed E-state index contributed by atoms with van der Waals surface area (Å²) >= 11 is 0. The predicted octanol–water partition coefficient (Wildman–Crippen LogP) is 0.375. The Morgan fingerprint density at radius 1 is 1.35 bits per heavy atom. The molecule has 0 spiro atoms. The topological polar surface area (TPSA) is 100 Å². The van der Waals surface area contributed by atoms with Crippen LogP contribution in [0.15, 0.2) is 23.3 Å². The van der Waals surface area contributed by atoms with E-state index in [2.05, 4.69) is 15.8 Å². The number of aromatic hydroxyl groups is 1. The number of ether oxygens (including phenoxy) is 1. The molecule has 20 heavy (non-hydrogen) atoms. The highest BCUT2D eigenvalue weighted by Crippen LogP contribution is 2.25. The lowest BCUT2D eigenvalue weighted by molar-refractivity contribution is -0.139. The molecule has 0 heterocycles. The van der Waals surface area contributed by atoms with Crippen LogP contribution in [0.25, 0.3) is 0 Å². The Morgan fingerprint density at radius 2 is 2.05 bits per heavy atom. The summed E-state index contributed by atoms with van der Waals surface area (Å²) in [4.78, 5) is 22.6. The number of methoxy groups -OCH3 is 1. The number of amides is 2. The number of nitrogens with one attached hydrogen (secondary N) is 2. The Hall–Kier alpha value is -2.57. The zero-order chi connectivity index (χ0) is 15.1. The number of benzene rings is 1. The Labute approximate surface area is 116 Å². The molecule has 2 amide bonds. The molecule has 0 unspecified atom stereocenters. The van der Waals surface area contributed by atoms with Crippen LogP contribution in [0.5, 0.6) is 11.5 Å². The van der Waals surface area contributed by atoms with Crippen molar-refractivity contribution in [2.75, 3.05) is 7.11 Å². The van der Waals surface area contributed by atoms with Gasteiger partial charge in [-0.2, -0.15) is 5.10 Å². The first-order valence-electron chi connectivity index (χ1n) is 5.95. The molecule has 0 fully saturated rings. The SMILES string of the molecule is COc1ccc(/C=N\NC(=O)C(=O)NC(C)C)cc1O. The lowest BCUT2D eigenvalue weighted by atomic mass is 10.2. The van der Waals surface area contributed by atoms with Gasteiger partial charge in [0.15, 0.2) is 11.5 Å². The third-order valence-corrected chi connectivity index (χ3v) is 2.21. The summed E-state index contributed by atoms with van der Waals surface area (Å²) in [6, 6.07) is 4.49. The summed E-state index contributed by atoms with van der Waals surface area (Å²) in [7, 11) is 1.44. The highest BCUT2D eigenvalue weighted by molar-refractivity contribution is 6.35. The van der Waals surface area contributed by atoms with Gasteiger partial charge in [-0.3, -0.25) is 9.59 Å². The Morgan fingerprint density at radius 3 is 2.60 bits per heavy atom. The monoisotopic (exact) mass is 279 g/mol. The smallest absolute Gasteiger partial charge is 0.329 e. The summed E-state index contributed by atoms with van der Waals surface area (Å²) < 4.78 is 4.89. The van der Waals surface area contributed by atoms with Crippen LogP contribution in [-0.2, 0) is 9.59 Å². The van der Waals surface area contributed by atoms with Crippen LogP contribution in [0, 0.1) is 0 Å². The maximum atomic E-state index is 11.3. The van der Waals surface area contributed by atoms with Gasteiger partial charge in [0.2, 0.25) is 0 Å². The third-order valence-electron chi connectivity index (χ3n) is 2.21. The predicted molar refractivity (Wildman–Crippen MR) is 73.7 cm³/mol. The summed E-state index contributed by atoms with van der Waals surface area (Å²) in [6.45, 7) is 3.49. The van der Waals surface area contributed by atoms with Crippen molar-refractivity contribution in [3.63, 3.8) is 0 Å². The summed E-state index contributed by atoms with van der Waals surface area (Å²) in [5.74, 6) is -1.31. The maximum absolute atomic E-state index is 11.3. The minimum atomic E-state index is -0.854. The lowest BCUT2D eigenvalue weighted by Crippen LogP contribution is -2.41. The first-order chi connectivity index (χ1) is 9.43. The summed E-state index contributed by atoms with van der Waals surface area (Å²) in [5.41, 5.74) is 2.64. The van der Waals surface area contributed by atoms with Crippen molar-refractivity contribution in [3.05, 3.63) is 23.8 Å². The molecule has 1 aromatic carbocycles. The van der Waals surface area contributed by atoms with Gasteiger partial charge >= 0.3 is 11.8 Å². The minimum Gasteiger partial charge on any atom is -0.504 e. The van der Waals surface area contributed by atoms with Crippen LogP contribution in [0.3, 0.4) is 0 Å². The molecule has 0 atom stereocenters. The van der Waals surface area contributed by atoms with Crippen molar-refractivity contribution in [3.8, 4) is 11.5 Å². The molecule has 7 heteroatoms. The molecule has 7 nitrogen and oxygen atoms in total. The zero-order valence-corrected chi connectivity index (χ0v) is 11.5. The van der Waals surface area contributed by atoms with Gasteiger partial charge in [-0.25, -0.2) is 5.43 Å². The highest BCUT2D eigenvalue weighted by atomic mass is 16.5. The van der Waals surface area contributed by atoms with E-state index in [9.17, 15) is 14.7 Å². The standard InChI is InChI=1S/C13H17N3O4/c1-8(2)15-12(18)13(19)16-14-7-9-4-5-11(20-3)10(17)6-9/h4-8,17H,1-3H3,(H,15,18)(H,16,19)/b14-7-. The van der Waals surface area contributed by atoms with Crippen LogP contribution in [0.4, 0.5) is 0 Å². The quantitative estimate of drug-likeness (QED) is 0.421. The van der Waals surface area contributed by atoms with Gasteiger partial charge in [0, 0.05) is 6.04 Å². The average molecular weight is 279 g/mol.